The number of carbonyl (C=O) groups excluding carboxylic acids is 1. The number of aryl methyl sites for hydroxylation is 1. The van der Waals surface area contributed by atoms with Gasteiger partial charge in [-0.3, -0.25) is 9.78 Å². The van der Waals surface area contributed by atoms with Crippen LogP contribution in [0.15, 0.2) is 18.3 Å². The third-order valence-electron chi connectivity index (χ3n) is 2.83. The van der Waals surface area contributed by atoms with E-state index in [0.717, 1.165) is 11.4 Å². The summed E-state index contributed by atoms with van der Waals surface area (Å²) in [6.07, 6.45) is 2.34. The van der Waals surface area contributed by atoms with Gasteiger partial charge in [-0.15, -0.1) is 0 Å². The van der Waals surface area contributed by atoms with Crippen molar-refractivity contribution in [2.75, 3.05) is 13.7 Å². The predicted octanol–water partition coefficient (Wildman–Crippen LogP) is 0.672. The standard InChI is InChI=1S/C12H16N2O3/c1-8-11(4-3-5-13-8)17-9-6-10(14-7-9)12(15)16-2/h3-5,9-10,14H,6-7H2,1-2H3/t9-,10+/m1/s1. The molecule has 17 heavy (non-hydrogen) atoms. The molecule has 1 aliphatic heterocycles. The Balaban J connectivity index is 1.94. The fourth-order valence-corrected chi connectivity index (χ4v) is 1.89. The molecule has 0 bridgehead atoms. The molecule has 2 atom stereocenters. The normalized spacial score (nSPS) is 23.4. The maximum Gasteiger partial charge on any atom is 0.323 e. The zero-order valence-corrected chi connectivity index (χ0v) is 9.97. The molecule has 0 aliphatic carbocycles. The van der Waals surface area contributed by atoms with E-state index < -0.39 is 0 Å². The Morgan fingerprint density at radius 2 is 2.41 bits per heavy atom. The summed E-state index contributed by atoms with van der Waals surface area (Å²) >= 11 is 0. The lowest BCUT2D eigenvalue weighted by Gasteiger charge is -2.13. The Morgan fingerprint density at radius 1 is 1.59 bits per heavy atom. The minimum absolute atomic E-state index is 0.0120. The van der Waals surface area contributed by atoms with Crippen molar-refractivity contribution in [2.24, 2.45) is 0 Å². The molecule has 1 fully saturated rings. The van der Waals surface area contributed by atoms with Crippen LogP contribution in [0.4, 0.5) is 0 Å². The van der Waals surface area contributed by atoms with E-state index in [4.69, 9.17) is 4.74 Å². The summed E-state index contributed by atoms with van der Waals surface area (Å²) in [7, 11) is 1.39. The van der Waals surface area contributed by atoms with Crippen LogP contribution in [0.2, 0.25) is 0 Å². The van der Waals surface area contributed by atoms with Crippen LogP contribution in [0.1, 0.15) is 12.1 Å². The van der Waals surface area contributed by atoms with E-state index in [1.807, 2.05) is 19.1 Å². The van der Waals surface area contributed by atoms with Gasteiger partial charge < -0.3 is 14.8 Å². The Bertz CT molecular complexity index is 408. The summed E-state index contributed by atoms with van der Waals surface area (Å²) in [5.41, 5.74) is 0.856. The number of esters is 1. The molecule has 0 saturated carbocycles. The minimum Gasteiger partial charge on any atom is -0.487 e. The number of carbonyl (C=O) groups is 1. The summed E-state index contributed by atoms with van der Waals surface area (Å²) in [6, 6.07) is 3.46. The van der Waals surface area contributed by atoms with Gasteiger partial charge in [0, 0.05) is 19.2 Å². The quantitative estimate of drug-likeness (QED) is 0.782. The maximum absolute atomic E-state index is 11.3. The number of nitrogens with zero attached hydrogens (tertiary/aromatic N) is 1. The van der Waals surface area contributed by atoms with Gasteiger partial charge in [0.05, 0.1) is 12.8 Å². The topological polar surface area (TPSA) is 60.5 Å². The monoisotopic (exact) mass is 236 g/mol. The fourth-order valence-electron chi connectivity index (χ4n) is 1.89. The molecule has 5 heteroatoms. The molecule has 1 N–H and O–H groups in total. The van der Waals surface area contributed by atoms with Crippen molar-refractivity contribution in [3.63, 3.8) is 0 Å². The molecule has 92 valence electrons. The second-order valence-electron chi connectivity index (χ2n) is 4.05. The van der Waals surface area contributed by atoms with Crippen LogP contribution >= 0.6 is 0 Å². The zero-order chi connectivity index (χ0) is 12.3. The van der Waals surface area contributed by atoms with Crippen molar-refractivity contribution in [3.05, 3.63) is 24.0 Å². The largest absolute Gasteiger partial charge is 0.487 e. The third kappa shape index (κ3) is 2.74. The first-order chi connectivity index (χ1) is 8.20. The van der Waals surface area contributed by atoms with Crippen molar-refractivity contribution in [3.8, 4) is 5.75 Å². The Morgan fingerprint density at radius 3 is 3.12 bits per heavy atom. The number of ether oxygens (including phenoxy) is 2. The van der Waals surface area contributed by atoms with Crippen LogP contribution < -0.4 is 10.1 Å². The number of rotatable bonds is 3. The van der Waals surface area contributed by atoms with E-state index in [1.54, 1.807) is 6.20 Å². The molecule has 1 aromatic heterocycles. The van der Waals surface area contributed by atoms with E-state index in [-0.39, 0.29) is 18.1 Å². The molecular formula is C12H16N2O3. The van der Waals surface area contributed by atoms with Crippen molar-refractivity contribution >= 4 is 5.97 Å². The van der Waals surface area contributed by atoms with Crippen LogP contribution in [-0.4, -0.2) is 36.8 Å². The smallest absolute Gasteiger partial charge is 0.323 e. The first-order valence-corrected chi connectivity index (χ1v) is 5.60. The summed E-state index contributed by atoms with van der Waals surface area (Å²) in [4.78, 5) is 15.5. The molecular weight excluding hydrogens is 220 g/mol. The first-order valence-electron chi connectivity index (χ1n) is 5.60. The number of hydrogen-bond donors (Lipinski definition) is 1. The second kappa shape index (κ2) is 5.14. The van der Waals surface area contributed by atoms with Gasteiger partial charge in [0.1, 0.15) is 17.9 Å². The molecule has 0 unspecified atom stereocenters. The summed E-state index contributed by atoms with van der Waals surface area (Å²) in [6.45, 7) is 2.55. The van der Waals surface area contributed by atoms with Crippen LogP contribution in [0.25, 0.3) is 0 Å². The molecule has 1 aliphatic rings. The van der Waals surface area contributed by atoms with Gasteiger partial charge in [-0.1, -0.05) is 0 Å². The van der Waals surface area contributed by atoms with Crippen LogP contribution in [0.3, 0.4) is 0 Å². The van der Waals surface area contributed by atoms with Crippen molar-refractivity contribution in [1.29, 1.82) is 0 Å². The zero-order valence-electron chi connectivity index (χ0n) is 9.97. The number of pyridine rings is 1. The van der Waals surface area contributed by atoms with Crippen molar-refractivity contribution in [1.82, 2.24) is 10.3 Å². The van der Waals surface area contributed by atoms with Crippen LogP contribution in [0, 0.1) is 6.92 Å². The van der Waals surface area contributed by atoms with Crippen molar-refractivity contribution in [2.45, 2.75) is 25.5 Å². The molecule has 2 rings (SSSR count). The highest BCUT2D eigenvalue weighted by Gasteiger charge is 2.31. The highest BCUT2D eigenvalue weighted by molar-refractivity contribution is 5.76. The van der Waals surface area contributed by atoms with E-state index >= 15 is 0 Å². The number of hydrogen-bond acceptors (Lipinski definition) is 5. The lowest BCUT2D eigenvalue weighted by atomic mass is 10.2. The van der Waals surface area contributed by atoms with Gasteiger partial charge in [-0.25, -0.2) is 0 Å². The predicted molar refractivity (Wildman–Crippen MR) is 61.8 cm³/mol. The van der Waals surface area contributed by atoms with Crippen LogP contribution in [-0.2, 0) is 9.53 Å². The second-order valence-corrected chi connectivity index (χ2v) is 4.05. The average molecular weight is 236 g/mol. The van der Waals surface area contributed by atoms with Gasteiger partial charge in [-0.05, 0) is 19.1 Å². The van der Waals surface area contributed by atoms with E-state index in [9.17, 15) is 4.79 Å². The number of methoxy groups -OCH3 is 1. The average Bonchev–Trinajstić information content (AvgIpc) is 2.80. The lowest BCUT2D eigenvalue weighted by Crippen LogP contribution is -2.31. The first kappa shape index (κ1) is 11.9. The Hall–Kier alpha value is -1.62. The van der Waals surface area contributed by atoms with Gasteiger partial charge in [0.15, 0.2) is 0 Å². The van der Waals surface area contributed by atoms with Gasteiger partial charge in [0.25, 0.3) is 0 Å². The maximum atomic E-state index is 11.3. The molecule has 5 nitrogen and oxygen atoms in total. The lowest BCUT2D eigenvalue weighted by molar-refractivity contribution is -0.142. The molecule has 0 spiro atoms. The fraction of sp³-hybridized carbons (Fsp3) is 0.500. The summed E-state index contributed by atoms with van der Waals surface area (Å²) < 4.78 is 10.5. The molecule has 0 aromatic carbocycles. The highest BCUT2D eigenvalue weighted by atomic mass is 16.5. The Labute approximate surface area is 100 Å². The van der Waals surface area contributed by atoms with Crippen molar-refractivity contribution < 1.29 is 14.3 Å². The molecule has 1 aromatic rings. The molecule has 0 amide bonds. The molecule has 2 heterocycles. The summed E-state index contributed by atoms with van der Waals surface area (Å²) in [5, 5.41) is 3.08. The third-order valence-corrected chi connectivity index (χ3v) is 2.83. The van der Waals surface area contributed by atoms with E-state index in [0.29, 0.717) is 13.0 Å². The highest BCUT2D eigenvalue weighted by Crippen LogP contribution is 2.19. The van der Waals surface area contributed by atoms with Crippen LogP contribution in [0.5, 0.6) is 5.75 Å². The van der Waals surface area contributed by atoms with Gasteiger partial charge >= 0.3 is 5.97 Å². The molecule has 0 radical (unpaired) electrons. The van der Waals surface area contributed by atoms with E-state index in [2.05, 4.69) is 15.0 Å². The minimum atomic E-state index is -0.262. The molecule has 1 saturated heterocycles. The SMILES string of the molecule is COC(=O)[C@@H]1C[C@@H](Oc2cccnc2C)CN1. The summed E-state index contributed by atoms with van der Waals surface area (Å²) in [5.74, 6) is 0.531. The van der Waals surface area contributed by atoms with Gasteiger partial charge in [0.2, 0.25) is 0 Å². The van der Waals surface area contributed by atoms with Gasteiger partial charge in [-0.2, -0.15) is 0 Å². The van der Waals surface area contributed by atoms with E-state index in [1.165, 1.54) is 7.11 Å². The number of aromatic nitrogens is 1. The number of nitrogens with one attached hydrogen (secondary N) is 1. The Kier molecular flexibility index (Phi) is 3.58.